The Balaban J connectivity index is 1.94. The van der Waals surface area contributed by atoms with E-state index < -0.39 is 18.0 Å². The number of H-pyrrole nitrogens is 1. The van der Waals surface area contributed by atoms with Crippen molar-refractivity contribution >= 4 is 39.8 Å². The smallest absolute Gasteiger partial charge is 0.408 e. The normalized spacial score (nSPS) is 13.2. The summed E-state index contributed by atoms with van der Waals surface area (Å²) in [6.45, 7) is 0. The van der Waals surface area contributed by atoms with Crippen LogP contribution in [0.1, 0.15) is 5.56 Å². The van der Waals surface area contributed by atoms with Crippen LogP contribution in [-0.4, -0.2) is 22.3 Å². The van der Waals surface area contributed by atoms with Gasteiger partial charge in [-0.1, -0.05) is 41.4 Å². The zero-order valence-corrected chi connectivity index (χ0v) is 14.2. The Kier molecular flexibility index (Phi) is 4.75. The van der Waals surface area contributed by atoms with Gasteiger partial charge >= 0.3 is 6.18 Å². The van der Waals surface area contributed by atoms with E-state index in [2.05, 4.69) is 10.3 Å². The highest BCUT2D eigenvalue weighted by atomic mass is 35.5. The molecule has 3 nitrogen and oxygen atoms in total. The molecule has 0 bridgehead atoms. The Bertz CT molecular complexity index is 885. The van der Waals surface area contributed by atoms with Crippen molar-refractivity contribution in [2.24, 2.45) is 0 Å². The van der Waals surface area contributed by atoms with Crippen molar-refractivity contribution in [3.05, 3.63) is 58.2 Å². The molecule has 0 aliphatic carbocycles. The topological polar surface area (TPSA) is 48.0 Å². The first-order valence-corrected chi connectivity index (χ1v) is 8.07. The van der Waals surface area contributed by atoms with Gasteiger partial charge in [0, 0.05) is 34.6 Å². The predicted molar refractivity (Wildman–Crippen MR) is 93.6 cm³/mol. The largest absolute Gasteiger partial charge is 0.506 e. The van der Waals surface area contributed by atoms with E-state index in [9.17, 15) is 18.3 Å². The Morgan fingerprint density at radius 2 is 1.88 bits per heavy atom. The van der Waals surface area contributed by atoms with Crippen LogP contribution in [0.4, 0.5) is 18.9 Å². The Hall–Kier alpha value is -2.05. The summed E-state index contributed by atoms with van der Waals surface area (Å²) < 4.78 is 40.6. The van der Waals surface area contributed by atoms with Crippen LogP contribution in [0.5, 0.6) is 5.75 Å². The summed E-state index contributed by atoms with van der Waals surface area (Å²) in [5.74, 6) is -0.439. The number of para-hydroxylation sites is 1. The van der Waals surface area contributed by atoms with E-state index in [1.54, 1.807) is 30.5 Å². The number of alkyl halides is 3. The lowest BCUT2D eigenvalue weighted by Crippen LogP contribution is -2.38. The first kappa shape index (κ1) is 17.8. The van der Waals surface area contributed by atoms with Gasteiger partial charge in [0.2, 0.25) is 0 Å². The van der Waals surface area contributed by atoms with E-state index in [-0.39, 0.29) is 22.2 Å². The minimum atomic E-state index is -4.55. The number of nitrogens with one attached hydrogen (secondary N) is 2. The maximum atomic E-state index is 13.5. The van der Waals surface area contributed by atoms with Gasteiger partial charge in [0.05, 0.1) is 10.7 Å². The Labute approximate surface area is 151 Å². The molecule has 0 spiro atoms. The van der Waals surface area contributed by atoms with E-state index in [1.165, 1.54) is 6.07 Å². The van der Waals surface area contributed by atoms with Crippen LogP contribution in [0.3, 0.4) is 0 Å². The third kappa shape index (κ3) is 3.80. The second-order valence-electron chi connectivity index (χ2n) is 5.58. The molecule has 3 N–H and O–H groups in total. The van der Waals surface area contributed by atoms with E-state index in [1.807, 2.05) is 0 Å². The number of hydrogen-bond donors (Lipinski definition) is 3. The van der Waals surface area contributed by atoms with Crippen LogP contribution in [0.25, 0.3) is 10.9 Å². The van der Waals surface area contributed by atoms with Crippen molar-refractivity contribution in [3.8, 4) is 5.75 Å². The zero-order valence-electron chi connectivity index (χ0n) is 12.7. The maximum absolute atomic E-state index is 13.5. The highest BCUT2D eigenvalue weighted by molar-refractivity contribution is 6.36. The Morgan fingerprint density at radius 3 is 2.56 bits per heavy atom. The van der Waals surface area contributed by atoms with Crippen LogP contribution >= 0.6 is 23.2 Å². The van der Waals surface area contributed by atoms with Crippen molar-refractivity contribution < 1.29 is 18.3 Å². The van der Waals surface area contributed by atoms with Gasteiger partial charge in [-0.25, -0.2) is 0 Å². The summed E-state index contributed by atoms with van der Waals surface area (Å²) in [5, 5.41) is 12.9. The molecule has 132 valence electrons. The van der Waals surface area contributed by atoms with Crippen molar-refractivity contribution in [2.75, 3.05) is 5.32 Å². The number of aromatic nitrogens is 1. The van der Waals surface area contributed by atoms with Gasteiger partial charge in [0.25, 0.3) is 0 Å². The number of fused-ring (bicyclic) bond motifs is 1. The molecule has 1 heterocycles. The van der Waals surface area contributed by atoms with Crippen molar-refractivity contribution in [2.45, 2.75) is 18.6 Å². The monoisotopic (exact) mass is 388 g/mol. The number of halogens is 5. The average Bonchev–Trinajstić information content (AvgIpc) is 2.91. The van der Waals surface area contributed by atoms with Crippen LogP contribution in [0.2, 0.25) is 10.0 Å². The minimum Gasteiger partial charge on any atom is -0.506 e. The summed E-state index contributed by atoms with van der Waals surface area (Å²) in [6.07, 6.45) is -3.33. The zero-order chi connectivity index (χ0) is 18.2. The maximum Gasteiger partial charge on any atom is 0.408 e. The number of aromatic amines is 1. The van der Waals surface area contributed by atoms with Gasteiger partial charge < -0.3 is 15.4 Å². The number of phenols is 1. The molecule has 2 aromatic carbocycles. The summed E-state index contributed by atoms with van der Waals surface area (Å²) >= 11 is 11.7. The molecule has 3 rings (SSSR count). The summed E-state index contributed by atoms with van der Waals surface area (Å²) in [5.41, 5.74) is 1.06. The average molecular weight is 389 g/mol. The van der Waals surface area contributed by atoms with Gasteiger partial charge in [0.1, 0.15) is 11.8 Å². The number of hydrogen-bond acceptors (Lipinski definition) is 2. The van der Waals surface area contributed by atoms with E-state index >= 15 is 0 Å². The lowest BCUT2D eigenvalue weighted by molar-refractivity contribution is -0.142. The molecule has 0 amide bonds. The number of anilines is 1. The molecule has 0 fully saturated rings. The molecular weight excluding hydrogens is 376 g/mol. The molecule has 25 heavy (non-hydrogen) atoms. The number of phenolic OH excluding ortho intramolecular Hbond substituents is 1. The molecule has 0 aliphatic rings. The second-order valence-corrected chi connectivity index (χ2v) is 6.43. The van der Waals surface area contributed by atoms with Gasteiger partial charge in [-0.05, 0) is 17.7 Å². The van der Waals surface area contributed by atoms with Crippen LogP contribution in [0, 0.1) is 0 Å². The second kappa shape index (κ2) is 6.69. The Morgan fingerprint density at radius 1 is 1.16 bits per heavy atom. The van der Waals surface area contributed by atoms with Crippen molar-refractivity contribution in [1.29, 1.82) is 0 Å². The molecule has 1 unspecified atom stereocenters. The fourth-order valence-corrected chi connectivity index (χ4v) is 3.18. The number of rotatable bonds is 4. The third-order valence-corrected chi connectivity index (χ3v) is 4.36. The minimum absolute atomic E-state index is 0.0850. The molecule has 1 atom stereocenters. The van der Waals surface area contributed by atoms with Gasteiger partial charge in [0.15, 0.2) is 0 Å². The van der Waals surface area contributed by atoms with Gasteiger partial charge in [-0.15, -0.1) is 0 Å². The number of aromatic hydroxyl groups is 1. The predicted octanol–water partition coefficient (Wildman–Crippen LogP) is 5.77. The van der Waals surface area contributed by atoms with Crippen LogP contribution < -0.4 is 5.32 Å². The molecule has 3 aromatic rings. The lowest BCUT2D eigenvalue weighted by Gasteiger charge is -2.23. The summed E-state index contributed by atoms with van der Waals surface area (Å²) in [7, 11) is 0. The quantitative estimate of drug-likeness (QED) is 0.497. The first-order valence-electron chi connectivity index (χ1n) is 7.32. The number of benzene rings is 2. The lowest BCUT2D eigenvalue weighted by atomic mass is 10.0. The molecule has 0 radical (unpaired) electrons. The van der Waals surface area contributed by atoms with Crippen LogP contribution in [0.15, 0.2) is 42.6 Å². The van der Waals surface area contributed by atoms with Gasteiger partial charge in [-0.2, -0.15) is 13.2 Å². The molecule has 0 saturated heterocycles. The molecule has 0 aliphatic heterocycles. The fraction of sp³-hybridized carbons (Fsp3) is 0.176. The van der Waals surface area contributed by atoms with Crippen LogP contribution in [-0.2, 0) is 6.42 Å². The highest BCUT2D eigenvalue weighted by Gasteiger charge is 2.40. The molecular formula is C17H13Cl2F3N2O. The first-order chi connectivity index (χ1) is 11.8. The fourth-order valence-electron chi connectivity index (χ4n) is 2.65. The summed E-state index contributed by atoms with van der Waals surface area (Å²) in [4.78, 5) is 2.95. The van der Waals surface area contributed by atoms with E-state index in [4.69, 9.17) is 23.2 Å². The van der Waals surface area contributed by atoms with E-state index in [0.29, 0.717) is 10.9 Å². The standard InChI is InChI=1S/C17H13Cl2F3N2O/c18-10-6-12(19)16(14(25)7-10)24-15(17(20,21)22)5-9-8-23-13-4-2-1-3-11(9)13/h1-4,6-8,15,23-25H,5H2. The van der Waals surface area contributed by atoms with Gasteiger partial charge in [-0.3, -0.25) is 0 Å². The SMILES string of the molecule is Oc1cc(Cl)cc(Cl)c1NC(Cc1c[nH]c2ccccc12)C(F)(F)F. The van der Waals surface area contributed by atoms with E-state index in [0.717, 1.165) is 11.6 Å². The third-order valence-electron chi connectivity index (χ3n) is 3.85. The highest BCUT2D eigenvalue weighted by Crippen LogP contribution is 2.38. The molecule has 1 aromatic heterocycles. The molecule has 8 heteroatoms. The van der Waals surface area contributed by atoms with Crippen molar-refractivity contribution in [3.63, 3.8) is 0 Å². The van der Waals surface area contributed by atoms with Crippen molar-refractivity contribution in [1.82, 2.24) is 4.98 Å². The molecule has 0 saturated carbocycles. The summed E-state index contributed by atoms with van der Waals surface area (Å²) in [6, 6.07) is 7.57.